The molecule has 0 spiro atoms. The molecule has 4 nitrogen and oxygen atoms in total. The molecule has 0 saturated carbocycles. The number of ether oxygens (including phenoxy) is 1. The highest BCUT2D eigenvalue weighted by molar-refractivity contribution is 5.76. The van der Waals surface area contributed by atoms with Crippen molar-refractivity contribution in [2.24, 2.45) is 0 Å². The van der Waals surface area contributed by atoms with Crippen LogP contribution in [0.2, 0.25) is 0 Å². The van der Waals surface area contributed by atoms with Crippen molar-refractivity contribution in [2.75, 3.05) is 6.54 Å². The second kappa shape index (κ2) is 8.56. The molecule has 1 aromatic carbocycles. The first kappa shape index (κ1) is 17.4. The van der Waals surface area contributed by atoms with Crippen LogP contribution < -0.4 is 15.4 Å². The van der Waals surface area contributed by atoms with Crippen molar-refractivity contribution in [1.29, 1.82) is 0 Å². The first-order chi connectivity index (χ1) is 9.88. The van der Waals surface area contributed by atoms with E-state index < -0.39 is 6.61 Å². The molecule has 1 rings (SSSR count). The molecule has 118 valence electrons. The third-order valence-corrected chi connectivity index (χ3v) is 2.86. The Hall–Kier alpha value is -1.69. The highest BCUT2D eigenvalue weighted by atomic mass is 19.3. The second-order valence-corrected chi connectivity index (χ2v) is 5.10. The van der Waals surface area contributed by atoms with Gasteiger partial charge in [-0.15, -0.1) is 0 Å². The Bertz CT molecular complexity index is 436. The number of nitrogens with one attached hydrogen (secondary N) is 2. The molecule has 0 aliphatic rings. The first-order valence-electron chi connectivity index (χ1n) is 6.96. The summed E-state index contributed by atoms with van der Waals surface area (Å²) in [5, 5.41) is 6.03. The lowest BCUT2D eigenvalue weighted by molar-refractivity contribution is -0.121. The van der Waals surface area contributed by atoms with Gasteiger partial charge in [-0.3, -0.25) is 4.79 Å². The smallest absolute Gasteiger partial charge is 0.387 e. The van der Waals surface area contributed by atoms with E-state index in [9.17, 15) is 13.6 Å². The van der Waals surface area contributed by atoms with Crippen LogP contribution in [0.25, 0.3) is 0 Å². The molecule has 1 amide bonds. The quantitative estimate of drug-likeness (QED) is 0.776. The van der Waals surface area contributed by atoms with Gasteiger partial charge in [0.1, 0.15) is 5.75 Å². The summed E-state index contributed by atoms with van der Waals surface area (Å²) in [5.74, 6) is 0.141. The zero-order valence-corrected chi connectivity index (χ0v) is 12.5. The predicted octanol–water partition coefficient (Wildman–Crippen LogP) is 2.85. The molecule has 0 aliphatic heterocycles. The molecule has 21 heavy (non-hydrogen) atoms. The number of hydrogen-bond donors (Lipinski definition) is 2. The van der Waals surface area contributed by atoms with E-state index in [0.29, 0.717) is 13.0 Å². The number of alkyl halides is 2. The lowest BCUT2D eigenvalue weighted by atomic mass is 10.1. The largest absolute Gasteiger partial charge is 0.435 e. The molecule has 0 radical (unpaired) electrons. The summed E-state index contributed by atoms with van der Waals surface area (Å²) in [5.41, 5.74) is 0.945. The van der Waals surface area contributed by atoms with Crippen LogP contribution in [0.3, 0.4) is 0 Å². The van der Waals surface area contributed by atoms with E-state index in [0.717, 1.165) is 5.56 Å². The SMILES string of the molecule is CC(C)NC(=O)CCNC(C)c1ccc(OC(F)F)cc1. The molecule has 6 heteroatoms. The van der Waals surface area contributed by atoms with Gasteiger partial charge in [0, 0.05) is 25.0 Å². The van der Waals surface area contributed by atoms with Crippen molar-refractivity contribution >= 4 is 5.91 Å². The van der Waals surface area contributed by atoms with Gasteiger partial charge in [-0.05, 0) is 38.5 Å². The van der Waals surface area contributed by atoms with Crippen molar-refractivity contribution in [3.63, 3.8) is 0 Å². The monoisotopic (exact) mass is 300 g/mol. The Labute approximate surface area is 123 Å². The molecule has 0 fully saturated rings. The molecule has 1 aromatic rings. The average molecular weight is 300 g/mol. The maximum atomic E-state index is 12.0. The lowest BCUT2D eigenvalue weighted by Crippen LogP contribution is -2.33. The normalized spacial score (nSPS) is 12.5. The van der Waals surface area contributed by atoms with Crippen molar-refractivity contribution in [3.8, 4) is 5.75 Å². The summed E-state index contributed by atoms with van der Waals surface area (Å²) >= 11 is 0. The van der Waals surface area contributed by atoms with Gasteiger partial charge >= 0.3 is 6.61 Å². The van der Waals surface area contributed by atoms with Crippen LogP contribution in [0.4, 0.5) is 8.78 Å². The fourth-order valence-corrected chi connectivity index (χ4v) is 1.85. The molecule has 0 aliphatic carbocycles. The van der Waals surface area contributed by atoms with Gasteiger partial charge in [0.05, 0.1) is 0 Å². The van der Waals surface area contributed by atoms with Gasteiger partial charge in [-0.25, -0.2) is 0 Å². The summed E-state index contributed by atoms with van der Waals surface area (Å²) < 4.78 is 28.4. The number of hydrogen-bond acceptors (Lipinski definition) is 3. The summed E-state index contributed by atoms with van der Waals surface area (Å²) in [6.07, 6.45) is 0.398. The Kier molecular flexibility index (Phi) is 7.08. The summed E-state index contributed by atoms with van der Waals surface area (Å²) in [7, 11) is 0. The molecule has 0 bridgehead atoms. The molecule has 1 atom stereocenters. The third kappa shape index (κ3) is 7.04. The topological polar surface area (TPSA) is 50.4 Å². The van der Waals surface area contributed by atoms with Crippen LogP contribution in [0, 0.1) is 0 Å². The minimum atomic E-state index is -2.81. The van der Waals surface area contributed by atoms with Crippen LogP contribution in [0.15, 0.2) is 24.3 Å². The summed E-state index contributed by atoms with van der Waals surface area (Å²) in [4.78, 5) is 11.5. The van der Waals surface area contributed by atoms with E-state index in [-0.39, 0.29) is 23.7 Å². The molecule has 0 saturated heterocycles. The minimum Gasteiger partial charge on any atom is -0.435 e. The Morgan fingerprint density at radius 3 is 2.33 bits per heavy atom. The van der Waals surface area contributed by atoms with Crippen LogP contribution in [-0.2, 0) is 4.79 Å². The standard InChI is InChI=1S/C15H22F2N2O2/c1-10(2)19-14(20)8-9-18-11(3)12-4-6-13(7-5-12)21-15(16)17/h4-7,10-11,15,18H,8-9H2,1-3H3,(H,19,20). The third-order valence-electron chi connectivity index (χ3n) is 2.86. The Morgan fingerprint density at radius 2 is 1.81 bits per heavy atom. The average Bonchev–Trinajstić information content (AvgIpc) is 2.37. The van der Waals surface area contributed by atoms with Gasteiger partial charge in [0.15, 0.2) is 0 Å². The molecule has 1 unspecified atom stereocenters. The van der Waals surface area contributed by atoms with Crippen molar-refractivity contribution in [1.82, 2.24) is 10.6 Å². The number of amides is 1. The van der Waals surface area contributed by atoms with Crippen molar-refractivity contribution in [2.45, 2.75) is 45.9 Å². The predicted molar refractivity (Wildman–Crippen MR) is 77.4 cm³/mol. The van der Waals surface area contributed by atoms with Gasteiger partial charge in [0.2, 0.25) is 5.91 Å². The van der Waals surface area contributed by atoms with Gasteiger partial charge in [0.25, 0.3) is 0 Å². The number of carbonyl (C=O) groups excluding carboxylic acids is 1. The fourth-order valence-electron chi connectivity index (χ4n) is 1.85. The van der Waals surface area contributed by atoms with Crippen molar-refractivity contribution < 1.29 is 18.3 Å². The van der Waals surface area contributed by atoms with Crippen LogP contribution in [0.5, 0.6) is 5.75 Å². The molecular formula is C15H22F2N2O2. The van der Waals surface area contributed by atoms with Crippen LogP contribution in [-0.4, -0.2) is 25.1 Å². The zero-order valence-electron chi connectivity index (χ0n) is 12.5. The van der Waals surface area contributed by atoms with E-state index in [1.807, 2.05) is 20.8 Å². The molecule has 0 heterocycles. The second-order valence-electron chi connectivity index (χ2n) is 5.10. The number of carbonyl (C=O) groups is 1. The first-order valence-corrected chi connectivity index (χ1v) is 6.96. The van der Waals surface area contributed by atoms with Gasteiger partial charge < -0.3 is 15.4 Å². The molecule has 2 N–H and O–H groups in total. The maximum Gasteiger partial charge on any atom is 0.387 e. The maximum absolute atomic E-state index is 12.0. The number of rotatable bonds is 8. The highest BCUT2D eigenvalue weighted by Crippen LogP contribution is 2.19. The van der Waals surface area contributed by atoms with E-state index in [1.165, 1.54) is 12.1 Å². The summed E-state index contributed by atoms with van der Waals surface area (Å²) in [6, 6.07) is 6.62. The van der Waals surface area contributed by atoms with E-state index in [1.54, 1.807) is 12.1 Å². The van der Waals surface area contributed by atoms with Gasteiger partial charge in [-0.1, -0.05) is 12.1 Å². The minimum absolute atomic E-state index is 0.00498. The lowest BCUT2D eigenvalue weighted by Gasteiger charge is -2.15. The zero-order chi connectivity index (χ0) is 15.8. The number of halogens is 2. The van der Waals surface area contributed by atoms with Crippen LogP contribution in [0.1, 0.15) is 38.8 Å². The Balaban J connectivity index is 2.38. The fraction of sp³-hybridized carbons (Fsp3) is 0.533. The Morgan fingerprint density at radius 1 is 1.19 bits per heavy atom. The molecule has 0 aromatic heterocycles. The van der Waals surface area contributed by atoms with Crippen LogP contribution >= 0.6 is 0 Å². The van der Waals surface area contributed by atoms with Gasteiger partial charge in [-0.2, -0.15) is 8.78 Å². The van der Waals surface area contributed by atoms with E-state index in [4.69, 9.17) is 0 Å². The van der Waals surface area contributed by atoms with E-state index >= 15 is 0 Å². The summed E-state index contributed by atoms with van der Waals surface area (Å²) in [6.45, 7) is 3.51. The van der Waals surface area contributed by atoms with Crippen molar-refractivity contribution in [3.05, 3.63) is 29.8 Å². The molecular weight excluding hydrogens is 278 g/mol. The number of benzene rings is 1. The van der Waals surface area contributed by atoms with E-state index in [2.05, 4.69) is 15.4 Å². The highest BCUT2D eigenvalue weighted by Gasteiger charge is 2.08.